The van der Waals surface area contributed by atoms with Gasteiger partial charge >= 0.3 is 0 Å². The minimum absolute atomic E-state index is 0.706. The van der Waals surface area contributed by atoms with Crippen molar-refractivity contribution in [3.63, 3.8) is 0 Å². The Hall–Kier alpha value is -2.39. The van der Waals surface area contributed by atoms with Crippen LogP contribution in [0.4, 0.5) is 0 Å². The van der Waals surface area contributed by atoms with E-state index >= 15 is 0 Å². The number of methoxy groups -OCH3 is 1. The first-order valence-corrected chi connectivity index (χ1v) is 9.44. The second-order valence-corrected chi connectivity index (χ2v) is 7.30. The van der Waals surface area contributed by atoms with Crippen LogP contribution in [0.5, 0.6) is 5.88 Å². The first-order valence-electron chi connectivity index (χ1n) is 9.44. The van der Waals surface area contributed by atoms with Crippen LogP contribution in [0.2, 0.25) is 0 Å². The number of aromatic nitrogens is 1. The molecule has 26 heavy (non-hydrogen) atoms. The van der Waals surface area contributed by atoms with Crippen molar-refractivity contribution in [2.45, 2.75) is 32.2 Å². The van der Waals surface area contributed by atoms with Crippen LogP contribution in [-0.4, -0.2) is 30.1 Å². The molecule has 2 aromatic carbocycles. The Kier molecular flexibility index (Phi) is 4.89. The summed E-state index contributed by atoms with van der Waals surface area (Å²) in [6, 6.07) is 19.7. The maximum atomic E-state index is 5.38. The predicted octanol–water partition coefficient (Wildman–Crippen LogP) is 4.93. The average Bonchev–Trinajstić information content (AvgIpc) is 2.69. The van der Waals surface area contributed by atoms with Crippen molar-refractivity contribution in [3.8, 4) is 5.88 Å². The first kappa shape index (κ1) is 17.0. The smallest absolute Gasteiger partial charge is 0.216 e. The number of likely N-dealkylation sites (tertiary alicyclic amines) is 1. The summed E-state index contributed by atoms with van der Waals surface area (Å²) in [6.45, 7) is 5.34. The summed E-state index contributed by atoms with van der Waals surface area (Å²) in [4.78, 5) is 7.22. The lowest BCUT2D eigenvalue weighted by atomic mass is 9.89. The van der Waals surface area contributed by atoms with Gasteiger partial charge in [0, 0.05) is 17.5 Å². The van der Waals surface area contributed by atoms with Gasteiger partial charge in [-0.3, -0.25) is 4.90 Å². The van der Waals surface area contributed by atoms with Crippen LogP contribution in [0.25, 0.3) is 10.9 Å². The van der Waals surface area contributed by atoms with Crippen molar-refractivity contribution in [1.82, 2.24) is 9.88 Å². The summed E-state index contributed by atoms with van der Waals surface area (Å²) in [5.74, 6) is 1.43. The third kappa shape index (κ3) is 3.58. The zero-order valence-electron chi connectivity index (χ0n) is 15.6. The fourth-order valence-corrected chi connectivity index (χ4v) is 4.01. The largest absolute Gasteiger partial charge is 0.481 e. The average molecular weight is 346 g/mol. The van der Waals surface area contributed by atoms with Crippen LogP contribution < -0.4 is 4.74 Å². The standard InChI is InChI=1S/C23H26N2O/c1-17-14-21-9-8-18(15-22(21)24-23(17)26-2)16-25-12-10-20(11-13-25)19-6-4-3-5-7-19/h3-9,14-15,20H,10-13,16H2,1-2H3. The van der Waals surface area contributed by atoms with Crippen molar-refractivity contribution in [1.29, 1.82) is 0 Å². The zero-order chi connectivity index (χ0) is 17.9. The molecule has 0 saturated carbocycles. The summed E-state index contributed by atoms with van der Waals surface area (Å²) < 4.78 is 5.38. The van der Waals surface area contributed by atoms with E-state index in [1.807, 2.05) is 6.92 Å². The van der Waals surface area contributed by atoms with Gasteiger partial charge in [0.1, 0.15) is 0 Å². The molecule has 0 unspecified atom stereocenters. The number of benzene rings is 2. The SMILES string of the molecule is COc1nc2cc(CN3CCC(c4ccccc4)CC3)ccc2cc1C. The van der Waals surface area contributed by atoms with Gasteiger partial charge in [0.2, 0.25) is 5.88 Å². The summed E-state index contributed by atoms with van der Waals surface area (Å²) in [7, 11) is 1.68. The van der Waals surface area contributed by atoms with Crippen LogP contribution in [0, 0.1) is 6.92 Å². The molecule has 1 aliphatic heterocycles. The van der Waals surface area contributed by atoms with Gasteiger partial charge in [-0.25, -0.2) is 4.98 Å². The summed E-state index contributed by atoms with van der Waals surface area (Å²) in [5.41, 5.74) is 4.92. The lowest BCUT2D eigenvalue weighted by Crippen LogP contribution is -2.32. The highest BCUT2D eigenvalue weighted by Crippen LogP contribution is 2.29. The first-order chi connectivity index (χ1) is 12.7. The van der Waals surface area contributed by atoms with Crippen molar-refractivity contribution >= 4 is 10.9 Å². The van der Waals surface area contributed by atoms with Gasteiger partial charge in [0.25, 0.3) is 0 Å². The minimum atomic E-state index is 0.706. The van der Waals surface area contributed by atoms with Crippen molar-refractivity contribution in [2.24, 2.45) is 0 Å². The molecule has 1 saturated heterocycles. The van der Waals surface area contributed by atoms with E-state index in [1.165, 1.54) is 29.4 Å². The Morgan fingerprint density at radius 2 is 1.81 bits per heavy atom. The van der Waals surface area contributed by atoms with Gasteiger partial charge in [0.15, 0.2) is 0 Å². The number of pyridine rings is 1. The van der Waals surface area contributed by atoms with E-state index < -0.39 is 0 Å². The number of rotatable bonds is 4. The number of aryl methyl sites for hydroxylation is 1. The Balaban J connectivity index is 1.44. The monoisotopic (exact) mass is 346 g/mol. The van der Waals surface area contributed by atoms with Gasteiger partial charge in [-0.2, -0.15) is 0 Å². The van der Waals surface area contributed by atoms with Gasteiger partial charge in [0.05, 0.1) is 12.6 Å². The number of ether oxygens (including phenoxy) is 1. The minimum Gasteiger partial charge on any atom is -0.481 e. The molecular formula is C23H26N2O. The maximum Gasteiger partial charge on any atom is 0.216 e. The number of hydrogen-bond donors (Lipinski definition) is 0. The molecule has 0 spiro atoms. The van der Waals surface area contributed by atoms with Gasteiger partial charge in [-0.05, 0) is 62.0 Å². The molecule has 1 fully saturated rings. The van der Waals surface area contributed by atoms with Gasteiger partial charge < -0.3 is 4.74 Å². The molecule has 1 aliphatic rings. The highest BCUT2D eigenvalue weighted by molar-refractivity contribution is 5.80. The predicted molar refractivity (Wildman–Crippen MR) is 107 cm³/mol. The molecule has 0 atom stereocenters. The van der Waals surface area contributed by atoms with Crippen molar-refractivity contribution in [2.75, 3.05) is 20.2 Å². The highest BCUT2D eigenvalue weighted by Gasteiger charge is 2.20. The molecular weight excluding hydrogens is 320 g/mol. The molecule has 0 amide bonds. The molecule has 134 valence electrons. The third-order valence-corrected chi connectivity index (χ3v) is 5.48. The number of fused-ring (bicyclic) bond motifs is 1. The molecule has 3 heteroatoms. The number of nitrogens with zero attached hydrogens (tertiary/aromatic N) is 2. The highest BCUT2D eigenvalue weighted by atomic mass is 16.5. The van der Waals surface area contributed by atoms with Crippen LogP contribution in [-0.2, 0) is 6.54 Å². The second kappa shape index (κ2) is 7.46. The maximum absolute atomic E-state index is 5.38. The van der Waals surface area contributed by atoms with E-state index in [4.69, 9.17) is 4.74 Å². The summed E-state index contributed by atoms with van der Waals surface area (Å²) >= 11 is 0. The Morgan fingerprint density at radius 3 is 2.54 bits per heavy atom. The molecule has 0 bridgehead atoms. The van der Waals surface area contributed by atoms with E-state index in [-0.39, 0.29) is 0 Å². The Morgan fingerprint density at radius 1 is 1.04 bits per heavy atom. The van der Waals surface area contributed by atoms with Gasteiger partial charge in [-0.1, -0.05) is 42.5 Å². The third-order valence-electron chi connectivity index (χ3n) is 5.48. The van der Waals surface area contributed by atoms with Crippen molar-refractivity contribution in [3.05, 3.63) is 71.3 Å². The number of hydrogen-bond acceptors (Lipinski definition) is 3. The molecule has 0 aliphatic carbocycles. The second-order valence-electron chi connectivity index (χ2n) is 7.30. The lowest BCUT2D eigenvalue weighted by Gasteiger charge is -2.32. The quantitative estimate of drug-likeness (QED) is 0.670. The molecule has 0 radical (unpaired) electrons. The van der Waals surface area contributed by atoms with Crippen LogP contribution in [0.3, 0.4) is 0 Å². The Bertz CT molecular complexity index is 883. The fraction of sp³-hybridized carbons (Fsp3) is 0.348. The zero-order valence-corrected chi connectivity index (χ0v) is 15.6. The normalized spacial score (nSPS) is 16.1. The molecule has 2 heterocycles. The van der Waals surface area contributed by atoms with Crippen molar-refractivity contribution < 1.29 is 4.74 Å². The molecule has 1 aromatic heterocycles. The van der Waals surface area contributed by atoms with Gasteiger partial charge in [-0.15, -0.1) is 0 Å². The van der Waals surface area contributed by atoms with E-state index in [0.717, 1.165) is 36.6 Å². The molecule has 3 aromatic rings. The summed E-state index contributed by atoms with van der Waals surface area (Å²) in [6.07, 6.45) is 2.48. The van der Waals surface area contributed by atoms with Crippen LogP contribution >= 0.6 is 0 Å². The van der Waals surface area contributed by atoms with E-state index in [1.54, 1.807) is 7.11 Å². The molecule has 0 N–H and O–H groups in total. The molecule has 3 nitrogen and oxygen atoms in total. The van der Waals surface area contributed by atoms with Crippen LogP contribution in [0.15, 0.2) is 54.6 Å². The fourth-order valence-electron chi connectivity index (χ4n) is 4.01. The van der Waals surface area contributed by atoms with Crippen LogP contribution in [0.1, 0.15) is 35.4 Å². The topological polar surface area (TPSA) is 25.4 Å². The number of piperidine rings is 1. The van der Waals surface area contributed by atoms with E-state index in [9.17, 15) is 0 Å². The van der Waals surface area contributed by atoms with E-state index in [0.29, 0.717) is 5.92 Å². The molecule has 4 rings (SSSR count). The summed E-state index contributed by atoms with van der Waals surface area (Å²) in [5, 5.41) is 1.18. The lowest BCUT2D eigenvalue weighted by molar-refractivity contribution is 0.204. The Labute approximate surface area is 155 Å². The van der Waals surface area contributed by atoms with E-state index in [2.05, 4.69) is 64.5 Å².